The van der Waals surface area contributed by atoms with Crippen LogP contribution in [0.4, 0.5) is 20.4 Å². The van der Waals surface area contributed by atoms with Gasteiger partial charge in [0.2, 0.25) is 11.9 Å². The van der Waals surface area contributed by atoms with Crippen molar-refractivity contribution in [1.29, 1.82) is 0 Å². The fourth-order valence-corrected chi connectivity index (χ4v) is 3.19. The molecular formula is C17H19ClF2N6O4. The van der Waals surface area contributed by atoms with Crippen LogP contribution in [0.3, 0.4) is 0 Å². The number of nitrogens with one attached hydrogen (secondary N) is 2. The third kappa shape index (κ3) is 5.00. The van der Waals surface area contributed by atoms with Crippen molar-refractivity contribution >= 4 is 35.1 Å². The average molecular weight is 445 g/mol. The van der Waals surface area contributed by atoms with E-state index in [1.807, 2.05) is 0 Å². The highest BCUT2D eigenvalue weighted by atomic mass is 35.5. The lowest BCUT2D eigenvalue weighted by atomic mass is 9.99. The monoisotopic (exact) mass is 444 g/mol. The van der Waals surface area contributed by atoms with Crippen molar-refractivity contribution in [2.24, 2.45) is 5.92 Å². The highest BCUT2D eigenvalue weighted by molar-refractivity contribution is 6.37. The molecule has 0 aliphatic carbocycles. The summed E-state index contributed by atoms with van der Waals surface area (Å²) in [4.78, 5) is 25.2. The molecule has 1 saturated heterocycles. The van der Waals surface area contributed by atoms with E-state index in [2.05, 4.69) is 30.9 Å². The van der Waals surface area contributed by atoms with E-state index in [4.69, 9.17) is 16.3 Å². The van der Waals surface area contributed by atoms with Crippen LogP contribution < -0.4 is 15.4 Å². The Labute approximate surface area is 174 Å². The molecule has 0 saturated carbocycles. The predicted molar refractivity (Wildman–Crippen MR) is 102 cm³/mol. The number of hydrogen-bond acceptors (Lipinski definition) is 7. The van der Waals surface area contributed by atoms with Gasteiger partial charge < -0.3 is 14.8 Å². The molecule has 30 heavy (non-hydrogen) atoms. The zero-order valence-corrected chi connectivity index (χ0v) is 16.7. The zero-order valence-electron chi connectivity index (χ0n) is 15.9. The fraction of sp³-hybridized carbons (Fsp3) is 0.471. The van der Waals surface area contributed by atoms with Crippen LogP contribution in [0.1, 0.15) is 30.1 Å². The lowest BCUT2D eigenvalue weighted by molar-refractivity contribution is -0.122. The van der Waals surface area contributed by atoms with Gasteiger partial charge in [0.1, 0.15) is 5.69 Å². The molecule has 1 aromatic heterocycles. The minimum Gasteiger partial charge on any atom is -0.433 e. The van der Waals surface area contributed by atoms with Crippen molar-refractivity contribution in [2.75, 3.05) is 23.8 Å². The number of amides is 2. The molecule has 1 aliphatic heterocycles. The van der Waals surface area contributed by atoms with Gasteiger partial charge in [0.05, 0.1) is 10.6 Å². The summed E-state index contributed by atoms with van der Waals surface area (Å²) in [7, 11) is 0. The Morgan fingerprint density at radius 2 is 2.07 bits per heavy atom. The standard InChI is InChI=1S/C17H19ClF2N6O4/c1-2-26-17(23-24-25-26)22-15(28)10-3-4-11(30-16(19)20)13(12(10)18)21-14(27)9-5-7-29-8-6-9/h3-4,9,16H,2,5-8H2,1H3,(H,21,27)(H,22,23,25,28). The largest absolute Gasteiger partial charge is 0.433 e. The van der Waals surface area contributed by atoms with Crippen molar-refractivity contribution in [3.05, 3.63) is 22.7 Å². The van der Waals surface area contributed by atoms with Gasteiger partial charge in [-0.2, -0.15) is 8.78 Å². The topological polar surface area (TPSA) is 120 Å². The lowest BCUT2D eigenvalue weighted by Gasteiger charge is -2.22. The molecule has 0 spiro atoms. The Morgan fingerprint density at radius 1 is 1.33 bits per heavy atom. The Kier molecular flexibility index (Phi) is 7.11. The number of rotatable bonds is 7. The molecule has 0 bridgehead atoms. The molecular weight excluding hydrogens is 426 g/mol. The second-order valence-corrected chi connectivity index (χ2v) is 6.70. The van der Waals surface area contributed by atoms with E-state index in [1.54, 1.807) is 6.92 Å². The van der Waals surface area contributed by atoms with E-state index in [-0.39, 0.29) is 33.9 Å². The molecule has 2 aromatic rings. The summed E-state index contributed by atoms with van der Waals surface area (Å²) in [6.07, 6.45) is 0.961. The van der Waals surface area contributed by atoms with Crippen molar-refractivity contribution in [1.82, 2.24) is 20.2 Å². The Balaban J connectivity index is 1.88. The summed E-state index contributed by atoms with van der Waals surface area (Å²) < 4.78 is 36.7. The number of tetrazole rings is 1. The van der Waals surface area contributed by atoms with Crippen LogP contribution in [0.2, 0.25) is 5.02 Å². The first-order valence-corrected chi connectivity index (χ1v) is 9.52. The summed E-state index contributed by atoms with van der Waals surface area (Å²) in [5.74, 6) is -1.76. The number of carbonyl (C=O) groups excluding carboxylic acids is 2. The van der Waals surface area contributed by atoms with Gasteiger partial charge in [-0.05, 0) is 42.3 Å². The molecule has 2 heterocycles. The Hall–Kier alpha value is -2.86. The Morgan fingerprint density at radius 3 is 2.73 bits per heavy atom. The lowest BCUT2D eigenvalue weighted by Crippen LogP contribution is -2.29. The van der Waals surface area contributed by atoms with Gasteiger partial charge in [0.25, 0.3) is 5.91 Å². The molecule has 13 heteroatoms. The maximum atomic E-state index is 12.8. The van der Waals surface area contributed by atoms with Gasteiger partial charge in [-0.3, -0.25) is 14.9 Å². The number of carbonyl (C=O) groups is 2. The first-order chi connectivity index (χ1) is 14.4. The predicted octanol–water partition coefficient (Wildman–Crippen LogP) is 2.57. The minimum atomic E-state index is -3.14. The highest BCUT2D eigenvalue weighted by Crippen LogP contribution is 2.37. The highest BCUT2D eigenvalue weighted by Gasteiger charge is 2.26. The number of benzene rings is 1. The maximum Gasteiger partial charge on any atom is 0.387 e. The van der Waals surface area contributed by atoms with Gasteiger partial charge in [-0.1, -0.05) is 16.7 Å². The molecule has 0 unspecified atom stereocenters. The van der Waals surface area contributed by atoms with Crippen LogP contribution in [0.25, 0.3) is 0 Å². The number of halogens is 3. The Bertz CT molecular complexity index is 920. The van der Waals surface area contributed by atoms with Crippen LogP contribution in [0.5, 0.6) is 5.75 Å². The second kappa shape index (κ2) is 9.76. The smallest absolute Gasteiger partial charge is 0.387 e. The molecule has 1 aromatic carbocycles. The summed E-state index contributed by atoms with van der Waals surface area (Å²) in [6.45, 7) is -0.126. The maximum absolute atomic E-state index is 12.8. The molecule has 0 radical (unpaired) electrons. The van der Waals surface area contributed by atoms with E-state index in [0.29, 0.717) is 32.6 Å². The number of alkyl halides is 2. The van der Waals surface area contributed by atoms with E-state index < -0.39 is 18.4 Å². The number of aromatic nitrogens is 4. The van der Waals surface area contributed by atoms with Gasteiger partial charge in [0, 0.05) is 25.7 Å². The van der Waals surface area contributed by atoms with Crippen LogP contribution in [0, 0.1) is 5.92 Å². The molecule has 1 aliphatic rings. The van der Waals surface area contributed by atoms with Crippen LogP contribution in [-0.2, 0) is 16.1 Å². The van der Waals surface area contributed by atoms with E-state index in [1.165, 1.54) is 10.7 Å². The molecule has 2 amide bonds. The number of anilines is 2. The summed E-state index contributed by atoms with van der Waals surface area (Å²) in [5.41, 5.74) is -0.289. The number of ether oxygens (including phenoxy) is 2. The number of aryl methyl sites for hydroxylation is 1. The van der Waals surface area contributed by atoms with E-state index in [9.17, 15) is 18.4 Å². The summed E-state index contributed by atoms with van der Waals surface area (Å²) in [6, 6.07) is 2.34. The van der Waals surface area contributed by atoms with Gasteiger partial charge in [-0.25, -0.2) is 4.68 Å². The second-order valence-electron chi connectivity index (χ2n) is 6.33. The van der Waals surface area contributed by atoms with Crippen LogP contribution in [0.15, 0.2) is 12.1 Å². The molecule has 0 atom stereocenters. The van der Waals surface area contributed by atoms with Crippen LogP contribution in [-0.4, -0.2) is 51.8 Å². The first-order valence-electron chi connectivity index (χ1n) is 9.14. The third-order valence-corrected chi connectivity index (χ3v) is 4.85. The third-order valence-electron chi connectivity index (χ3n) is 4.46. The summed E-state index contributed by atoms with van der Waals surface area (Å²) >= 11 is 6.31. The van der Waals surface area contributed by atoms with Crippen LogP contribution >= 0.6 is 11.6 Å². The molecule has 1 fully saturated rings. The summed E-state index contributed by atoms with van der Waals surface area (Å²) in [5, 5.41) is 15.6. The average Bonchev–Trinajstić information content (AvgIpc) is 3.17. The zero-order chi connectivity index (χ0) is 21.7. The fourth-order valence-electron chi connectivity index (χ4n) is 2.91. The van der Waals surface area contributed by atoms with E-state index in [0.717, 1.165) is 6.07 Å². The normalized spacial score (nSPS) is 14.6. The quantitative estimate of drug-likeness (QED) is 0.673. The number of nitrogens with zero attached hydrogens (tertiary/aromatic N) is 4. The molecule has 2 N–H and O–H groups in total. The van der Waals surface area contributed by atoms with Crippen molar-refractivity contribution in [3.8, 4) is 5.75 Å². The minimum absolute atomic E-state index is 0.0776. The molecule has 10 nitrogen and oxygen atoms in total. The molecule has 162 valence electrons. The van der Waals surface area contributed by atoms with Crippen molar-refractivity contribution < 1.29 is 27.8 Å². The van der Waals surface area contributed by atoms with Gasteiger partial charge in [-0.15, -0.1) is 0 Å². The number of hydrogen-bond donors (Lipinski definition) is 2. The SMILES string of the molecule is CCn1nnnc1NC(=O)c1ccc(OC(F)F)c(NC(=O)C2CCOCC2)c1Cl. The molecule has 3 rings (SSSR count). The van der Waals surface area contributed by atoms with Crippen molar-refractivity contribution in [3.63, 3.8) is 0 Å². The van der Waals surface area contributed by atoms with Crippen molar-refractivity contribution in [2.45, 2.75) is 32.9 Å². The van der Waals surface area contributed by atoms with Gasteiger partial charge in [0.15, 0.2) is 5.75 Å². The van der Waals surface area contributed by atoms with E-state index >= 15 is 0 Å². The van der Waals surface area contributed by atoms with Gasteiger partial charge >= 0.3 is 6.61 Å². The first kappa shape index (κ1) is 21.8.